The van der Waals surface area contributed by atoms with E-state index in [0.717, 1.165) is 19.3 Å². The Bertz CT molecular complexity index is 274. The molecule has 0 bridgehead atoms. The van der Waals surface area contributed by atoms with E-state index in [1.54, 1.807) is 6.08 Å². The second kappa shape index (κ2) is 3.97. The van der Waals surface area contributed by atoms with E-state index in [2.05, 4.69) is 6.58 Å². The first-order valence-electron chi connectivity index (χ1n) is 5.41. The van der Waals surface area contributed by atoms with E-state index in [1.165, 1.54) is 6.92 Å². The van der Waals surface area contributed by atoms with Crippen molar-refractivity contribution >= 4 is 5.97 Å². The monoisotopic (exact) mass is 212 g/mol. The fourth-order valence-corrected chi connectivity index (χ4v) is 2.40. The van der Waals surface area contributed by atoms with Gasteiger partial charge in [0.15, 0.2) is 0 Å². The molecule has 0 amide bonds. The standard InChI is InChI=1S/C12H20O3/c1-5-11(4)8-6-7-9(2)12(11,14)15-10(3)13/h5,9,14H,1,6-8H2,2-4H3/t9-,11+,12+/m1/s1. The quantitative estimate of drug-likeness (QED) is 0.434. The highest BCUT2D eigenvalue weighted by molar-refractivity contribution is 5.66. The predicted octanol–water partition coefficient (Wildman–Crippen LogP) is 2.25. The maximum absolute atomic E-state index is 11.0. The van der Waals surface area contributed by atoms with Gasteiger partial charge in [0.2, 0.25) is 5.79 Å². The SMILES string of the molecule is C=C[C@@]1(C)CCC[C@@H](C)[C@]1(O)OC(C)=O. The van der Waals surface area contributed by atoms with Crippen LogP contribution in [0.2, 0.25) is 0 Å². The van der Waals surface area contributed by atoms with Crippen LogP contribution in [-0.4, -0.2) is 16.9 Å². The van der Waals surface area contributed by atoms with Crippen LogP contribution in [0.5, 0.6) is 0 Å². The number of esters is 1. The first-order chi connectivity index (χ1) is 6.85. The van der Waals surface area contributed by atoms with Crippen LogP contribution in [-0.2, 0) is 9.53 Å². The Hall–Kier alpha value is -0.830. The second-order valence-corrected chi connectivity index (χ2v) is 4.70. The molecule has 15 heavy (non-hydrogen) atoms. The number of hydrogen-bond acceptors (Lipinski definition) is 3. The number of carbonyl (C=O) groups is 1. The number of aliphatic hydroxyl groups is 1. The normalized spacial score (nSPS) is 40.9. The summed E-state index contributed by atoms with van der Waals surface area (Å²) < 4.78 is 5.14. The molecule has 0 radical (unpaired) electrons. The van der Waals surface area contributed by atoms with Crippen LogP contribution in [0.15, 0.2) is 12.7 Å². The van der Waals surface area contributed by atoms with Gasteiger partial charge in [0, 0.05) is 12.8 Å². The summed E-state index contributed by atoms with van der Waals surface area (Å²) in [5.41, 5.74) is -0.545. The zero-order chi connectivity index (χ0) is 11.7. The van der Waals surface area contributed by atoms with Crippen molar-refractivity contribution in [1.29, 1.82) is 0 Å². The number of hydrogen-bond donors (Lipinski definition) is 1. The molecule has 3 atom stereocenters. The molecule has 3 heteroatoms. The molecule has 0 saturated heterocycles. The largest absolute Gasteiger partial charge is 0.432 e. The lowest BCUT2D eigenvalue weighted by Gasteiger charge is -2.49. The van der Waals surface area contributed by atoms with Crippen molar-refractivity contribution in [1.82, 2.24) is 0 Å². The van der Waals surface area contributed by atoms with Crippen molar-refractivity contribution in [2.45, 2.75) is 45.8 Å². The van der Waals surface area contributed by atoms with Gasteiger partial charge in [0.25, 0.3) is 0 Å². The summed E-state index contributed by atoms with van der Waals surface area (Å²) in [6.07, 6.45) is 4.39. The third-order valence-electron chi connectivity index (χ3n) is 3.57. The molecule has 1 N–H and O–H groups in total. The fourth-order valence-electron chi connectivity index (χ4n) is 2.40. The van der Waals surface area contributed by atoms with Gasteiger partial charge in [0.05, 0.1) is 5.41 Å². The Labute approximate surface area is 91.1 Å². The van der Waals surface area contributed by atoms with Gasteiger partial charge in [-0.1, -0.05) is 19.4 Å². The molecular weight excluding hydrogens is 192 g/mol. The topological polar surface area (TPSA) is 46.5 Å². The Morgan fingerprint density at radius 3 is 2.73 bits per heavy atom. The minimum Gasteiger partial charge on any atom is -0.432 e. The molecule has 86 valence electrons. The van der Waals surface area contributed by atoms with E-state index >= 15 is 0 Å². The molecule has 1 rings (SSSR count). The Morgan fingerprint density at radius 1 is 1.67 bits per heavy atom. The zero-order valence-corrected chi connectivity index (χ0v) is 9.75. The molecule has 1 fully saturated rings. The van der Waals surface area contributed by atoms with Crippen LogP contribution < -0.4 is 0 Å². The van der Waals surface area contributed by atoms with Crippen LogP contribution >= 0.6 is 0 Å². The van der Waals surface area contributed by atoms with Crippen LogP contribution in [0.3, 0.4) is 0 Å². The highest BCUT2D eigenvalue weighted by Crippen LogP contribution is 2.48. The molecule has 1 aliphatic rings. The Morgan fingerprint density at radius 2 is 2.27 bits per heavy atom. The first kappa shape index (κ1) is 12.2. The van der Waals surface area contributed by atoms with Crippen molar-refractivity contribution in [3.8, 4) is 0 Å². The van der Waals surface area contributed by atoms with E-state index in [1.807, 2.05) is 13.8 Å². The van der Waals surface area contributed by atoms with Crippen LogP contribution in [0.25, 0.3) is 0 Å². The van der Waals surface area contributed by atoms with Crippen LogP contribution in [0.4, 0.5) is 0 Å². The number of ether oxygens (including phenoxy) is 1. The van der Waals surface area contributed by atoms with Gasteiger partial charge in [-0.05, 0) is 19.8 Å². The Kier molecular flexibility index (Phi) is 3.24. The molecule has 0 aromatic heterocycles. The minimum absolute atomic E-state index is 0.0573. The van der Waals surface area contributed by atoms with Gasteiger partial charge in [-0.2, -0.15) is 0 Å². The van der Waals surface area contributed by atoms with E-state index in [9.17, 15) is 9.90 Å². The molecular formula is C12H20O3. The number of carbonyl (C=O) groups excluding carboxylic acids is 1. The molecule has 0 aromatic carbocycles. The van der Waals surface area contributed by atoms with Crippen LogP contribution in [0.1, 0.15) is 40.0 Å². The third-order valence-corrected chi connectivity index (χ3v) is 3.57. The molecule has 3 nitrogen and oxygen atoms in total. The smallest absolute Gasteiger partial charge is 0.305 e. The zero-order valence-electron chi connectivity index (χ0n) is 9.75. The van der Waals surface area contributed by atoms with Gasteiger partial charge in [0.1, 0.15) is 0 Å². The average molecular weight is 212 g/mol. The van der Waals surface area contributed by atoms with Gasteiger partial charge in [-0.15, -0.1) is 6.58 Å². The summed E-state index contributed by atoms with van der Waals surface area (Å²) in [7, 11) is 0. The minimum atomic E-state index is -1.40. The summed E-state index contributed by atoms with van der Waals surface area (Å²) >= 11 is 0. The summed E-state index contributed by atoms with van der Waals surface area (Å²) in [6.45, 7) is 8.86. The maximum atomic E-state index is 11.0. The third kappa shape index (κ3) is 1.93. The predicted molar refractivity (Wildman–Crippen MR) is 58.0 cm³/mol. The molecule has 0 spiro atoms. The first-order valence-corrected chi connectivity index (χ1v) is 5.41. The molecule has 0 aromatic rings. The van der Waals surface area contributed by atoms with E-state index < -0.39 is 17.2 Å². The lowest BCUT2D eigenvalue weighted by Crippen LogP contribution is -2.55. The number of rotatable bonds is 2. The average Bonchev–Trinajstić information content (AvgIpc) is 2.14. The van der Waals surface area contributed by atoms with Gasteiger partial charge < -0.3 is 9.84 Å². The summed E-state index contributed by atoms with van der Waals surface area (Å²) in [6, 6.07) is 0. The van der Waals surface area contributed by atoms with Gasteiger partial charge >= 0.3 is 5.97 Å². The highest BCUT2D eigenvalue weighted by atomic mass is 16.7. The van der Waals surface area contributed by atoms with Gasteiger partial charge in [-0.25, -0.2) is 0 Å². The Balaban J connectivity index is 3.04. The van der Waals surface area contributed by atoms with E-state index in [4.69, 9.17) is 4.74 Å². The van der Waals surface area contributed by atoms with E-state index in [-0.39, 0.29) is 5.92 Å². The van der Waals surface area contributed by atoms with Crippen molar-refractivity contribution in [2.24, 2.45) is 11.3 Å². The second-order valence-electron chi connectivity index (χ2n) is 4.70. The van der Waals surface area contributed by atoms with Crippen molar-refractivity contribution in [2.75, 3.05) is 0 Å². The van der Waals surface area contributed by atoms with Crippen molar-refractivity contribution in [3.05, 3.63) is 12.7 Å². The molecule has 1 saturated carbocycles. The molecule has 0 heterocycles. The highest BCUT2D eigenvalue weighted by Gasteiger charge is 2.53. The van der Waals surface area contributed by atoms with E-state index in [0.29, 0.717) is 0 Å². The lowest BCUT2D eigenvalue weighted by atomic mass is 9.66. The maximum Gasteiger partial charge on any atom is 0.305 e. The molecule has 0 unspecified atom stereocenters. The van der Waals surface area contributed by atoms with Crippen molar-refractivity contribution in [3.63, 3.8) is 0 Å². The van der Waals surface area contributed by atoms with Crippen molar-refractivity contribution < 1.29 is 14.6 Å². The van der Waals surface area contributed by atoms with Crippen LogP contribution in [0, 0.1) is 11.3 Å². The molecule has 1 aliphatic carbocycles. The summed E-state index contributed by atoms with van der Waals surface area (Å²) in [5, 5.41) is 10.5. The fraction of sp³-hybridized carbons (Fsp3) is 0.750. The summed E-state index contributed by atoms with van der Waals surface area (Å²) in [4.78, 5) is 11.0. The molecule has 0 aliphatic heterocycles. The van der Waals surface area contributed by atoms with Gasteiger partial charge in [-0.3, -0.25) is 4.79 Å². The lowest BCUT2D eigenvalue weighted by molar-refractivity contribution is -0.281. The summed E-state index contributed by atoms with van der Waals surface area (Å²) in [5.74, 6) is -1.91.